The maximum Gasteiger partial charge on any atom is 0.241 e. The third-order valence-corrected chi connectivity index (χ3v) is 5.12. The summed E-state index contributed by atoms with van der Waals surface area (Å²) in [4.78, 5) is 12.6. The molecule has 0 aromatic carbocycles. The quantitative estimate of drug-likeness (QED) is 0.728. The van der Waals surface area contributed by atoms with E-state index in [-0.39, 0.29) is 29.4 Å². The molecule has 0 bridgehead atoms. The molecule has 3 N–H and O–H groups in total. The largest absolute Gasteiger partial charge is 0.379 e. The lowest BCUT2D eigenvalue weighted by molar-refractivity contribution is -0.225. The Morgan fingerprint density at radius 3 is 2.86 bits per heavy atom. The minimum atomic E-state index is -0.809. The van der Waals surface area contributed by atoms with Gasteiger partial charge in [-0.3, -0.25) is 4.79 Å². The molecule has 122 valence electrons. The molecule has 0 aromatic heterocycles. The Labute approximate surface area is 127 Å². The lowest BCUT2D eigenvalue weighted by Crippen LogP contribution is -2.82. The number of nitrogens with one attached hydrogen (secondary N) is 1. The van der Waals surface area contributed by atoms with Crippen LogP contribution in [0.1, 0.15) is 47.0 Å². The molecule has 1 amide bonds. The number of rotatable bonds is 6. The lowest BCUT2D eigenvalue weighted by Gasteiger charge is -2.65. The van der Waals surface area contributed by atoms with Crippen LogP contribution in [0.4, 0.5) is 0 Å². The molecular formula is C16H30N2O3. The molecule has 1 saturated carbocycles. The Hall–Kier alpha value is -0.650. The summed E-state index contributed by atoms with van der Waals surface area (Å²) in [6, 6.07) is 0. The van der Waals surface area contributed by atoms with E-state index in [0.29, 0.717) is 13.2 Å². The third-order valence-electron chi connectivity index (χ3n) is 5.12. The van der Waals surface area contributed by atoms with Crippen LogP contribution in [0.15, 0.2) is 0 Å². The van der Waals surface area contributed by atoms with E-state index in [2.05, 4.69) is 5.32 Å². The Morgan fingerprint density at radius 2 is 2.19 bits per heavy atom. The molecule has 2 aliphatic rings. The summed E-state index contributed by atoms with van der Waals surface area (Å²) in [5, 5.41) is 2.99. The van der Waals surface area contributed by atoms with Crippen LogP contribution in [0, 0.1) is 11.3 Å². The monoisotopic (exact) mass is 298 g/mol. The van der Waals surface area contributed by atoms with E-state index in [1.165, 1.54) is 0 Å². The van der Waals surface area contributed by atoms with Gasteiger partial charge in [-0.25, -0.2) is 0 Å². The van der Waals surface area contributed by atoms with Crippen LogP contribution >= 0.6 is 0 Å². The van der Waals surface area contributed by atoms with E-state index in [0.717, 1.165) is 25.9 Å². The predicted molar refractivity (Wildman–Crippen MR) is 81.9 cm³/mol. The second-order valence-electron chi connectivity index (χ2n) is 7.16. The molecule has 3 unspecified atom stereocenters. The van der Waals surface area contributed by atoms with Crippen molar-refractivity contribution in [1.82, 2.24) is 5.32 Å². The predicted octanol–water partition coefficient (Wildman–Crippen LogP) is 1.45. The zero-order chi connectivity index (χ0) is 15.7. The molecule has 3 atom stereocenters. The fourth-order valence-electron chi connectivity index (χ4n) is 3.78. The molecule has 2 rings (SSSR count). The molecule has 1 aliphatic heterocycles. The van der Waals surface area contributed by atoms with Crippen LogP contribution in [0.3, 0.4) is 0 Å². The van der Waals surface area contributed by atoms with Gasteiger partial charge in [-0.15, -0.1) is 0 Å². The van der Waals surface area contributed by atoms with Crippen molar-refractivity contribution in [3.63, 3.8) is 0 Å². The van der Waals surface area contributed by atoms with E-state index in [9.17, 15) is 4.79 Å². The zero-order valence-corrected chi connectivity index (χ0v) is 13.8. The van der Waals surface area contributed by atoms with Crippen LogP contribution in [0.5, 0.6) is 0 Å². The van der Waals surface area contributed by atoms with Gasteiger partial charge in [0, 0.05) is 31.1 Å². The smallest absolute Gasteiger partial charge is 0.241 e. The number of carbonyl (C=O) groups is 1. The van der Waals surface area contributed by atoms with Gasteiger partial charge >= 0.3 is 0 Å². The molecule has 5 nitrogen and oxygen atoms in total. The highest BCUT2D eigenvalue weighted by atomic mass is 16.5. The molecule has 0 radical (unpaired) electrons. The lowest BCUT2D eigenvalue weighted by atomic mass is 9.46. The van der Waals surface area contributed by atoms with Crippen molar-refractivity contribution in [3.05, 3.63) is 0 Å². The van der Waals surface area contributed by atoms with Crippen LogP contribution in [-0.2, 0) is 14.3 Å². The van der Waals surface area contributed by atoms with Crippen LogP contribution in [-0.4, -0.2) is 43.4 Å². The van der Waals surface area contributed by atoms with Gasteiger partial charge in [0.25, 0.3) is 0 Å². The second-order valence-corrected chi connectivity index (χ2v) is 7.16. The highest BCUT2D eigenvalue weighted by Gasteiger charge is 2.70. The third kappa shape index (κ3) is 2.83. The topological polar surface area (TPSA) is 73.6 Å². The van der Waals surface area contributed by atoms with Gasteiger partial charge in [-0.2, -0.15) is 0 Å². The number of hydrogen-bond donors (Lipinski definition) is 2. The average molecular weight is 298 g/mol. The fraction of sp³-hybridized carbons (Fsp3) is 0.938. The maximum absolute atomic E-state index is 12.6. The highest BCUT2D eigenvalue weighted by Crippen LogP contribution is 2.57. The number of carbonyl (C=O) groups excluding carboxylic acids is 1. The van der Waals surface area contributed by atoms with E-state index in [1.807, 2.05) is 27.7 Å². The van der Waals surface area contributed by atoms with Gasteiger partial charge in [-0.05, 0) is 33.1 Å². The van der Waals surface area contributed by atoms with Gasteiger partial charge < -0.3 is 20.5 Å². The van der Waals surface area contributed by atoms with Gasteiger partial charge in [0.2, 0.25) is 5.91 Å². The first-order valence-corrected chi connectivity index (χ1v) is 8.12. The maximum atomic E-state index is 12.6. The molecule has 0 aromatic rings. The average Bonchev–Trinajstić information content (AvgIpc) is 2.45. The summed E-state index contributed by atoms with van der Waals surface area (Å²) in [7, 11) is 0. The molecule has 1 heterocycles. The number of fused-ring (bicyclic) bond motifs is 1. The highest BCUT2D eigenvalue weighted by molar-refractivity contribution is 5.89. The summed E-state index contributed by atoms with van der Waals surface area (Å²) < 4.78 is 11.3. The minimum Gasteiger partial charge on any atom is -0.379 e. The SMILES string of the molecule is CC(C)OCCCNC(=O)C1(N)C2CCCOC2C1(C)C. The Morgan fingerprint density at radius 1 is 1.48 bits per heavy atom. The first-order chi connectivity index (χ1) is 9.81. The van der Waals surface area contributed by atoms with Crippen molar-refractivity contribution in [3.8, 4) is 0 Å². The summed E-state index contributed by atoms with van der Waals surface area (Å²) in [6.45, 7) is 10.2. The van der Waals surface area contributed by atoms with Crippen molar-refractivity contribution in [2.75, 3.05) is 19.8 Å². The van der Waals surface area contributed by atoms with Crippen molar-refractivity contribution in [2.45, 2.75) is 64.7 Å². The standard InChI is InChI=1S/C16H30N2O3/c1-11(2)20-10-6-8-18-14(19)16(17)12-7-5-9-21-13(12)15(16,3)4/h11-13H,5-10,17H2,1-4H3,(H,18,19). The van der Waals surface area contributed by atoms with Crippen LogP contribution < -0.4 is 11.1 Å². The minimum absolute atomic E-state index is 0.0382. The Balaban J connectivity index is 1.86. The number of nitrogens with two attached hydrogens (primary N) is 1. The normalized spacial score (nSPS) is 34.2. The number of amides is 1. The summed E-state index contributed by atoms with van der Waals surface area (Å²) in [5.41, 5.74) is 5.40. The van der Waals surface area contributed by atoms with E-state index >= 15 is 0 Å². The molecule has 5 heteroatoms. The fourth-order valence-corrected chi connectivity index (χ4v) is 3.78. The first kappa shape index (κ1) is 16.7. The van der Waals surface area contributed by atoms with Gasteiger partial charge in [0.05, 0.1) is 12.2 Å². The molecule has 21 heavy (non-hydrogen) atoms. The van der Waals surface area contributed by atoms with Crippen molar-refractivity contribution in [2.24, 2.45) is 17.1 Å². The molecule has 1 aliphatic carbocycles. The van der Waals surface area contributed by atoms with Crippen molar-refractivity contribution < 1.29 is 14.3 Å². The van der Waals surface area contributed by atoms with Gasteiger partial charge in [0.1, 0.15) is 5.54 Å². The zero-order valence-electron chi connectivity index (χ0n) is 13.8. The van der Waals surface area contributed by atoms with Crippen LogP contribution in [0.25, 0.3) is 0 Å². The van der Waals surface area contributed by atoms with E-state index in [4.69, 9.17) is 15.2 Å². The number of ether oxygens (including phenoxy) is 2. The second kappa shape index (κ2) is 6.23. The summed E-state index contributed by atoms with van der Waals surface area (Å²) >= 11 is 0. The Bertz CT molecular complexity index is 384. The molecule has 2 fully saturated rings. The van der Waals surface area contributed by atoms with Gasteiger partial charge in [0.15, 0.2) is 0 Å². The van der Waals surface area contributed by atoms with Crippen LogP contribution in [0.2, 0.25) is 0 Å². The first-order valence-electron chi connectivity index (χ1n) is 8.12. The van der Waals surface area contributed by atoms with E-state index < -0.39 is 5.54 Å². The summed E-state index contributed by atoms with van der Waals surface area (Å²) in [5.74, 6) is 0.108. The summed E-state index contributed by atoms with van der Waals surface area (Å²) in [6.07, 6.45) is 3.13. The van der Waals surface area contributed by atoms with E-state index in [1.54, 1.807) is 0 Å². The number of hydrogen-bond acceptors (Lipinski definition) is 4. The van der Waals surface area contributed by atoms with Gasteiger partial charge in [-0.1, -0.05) is 13.8 Å². The van der Waals surface area contributed by atoms with Crippen molar-refractivity contribution >= 4 is 5.91 Å². The Kier molecular flexibility index (Phi) is 4.96. The molecular weight excluding hydrogens is 268 g/mol. The molecule has 1 saturated heterocycles. The molecule has 0 spiro atoms. The van der Waals surface area contributed by atoms with Crippen molar-refractivity contribution in [1.29, 1.82) is 0 Å².